The van der Waals surface area contributed by atoms with E-state index in [2.05, 4.69) is 28.1 Å². The highest BCUT2D eigenvalue weighted by Crippen LogP contribution is 2.46. The molecular formula is C28H27BrN2O4. The molecule has 0 bridgehead atoms. The summed E-state index contributed by atoms with van der Waals surface area (Å²) < 4.78 is 13.1. The summed E-state index contributed by atoms with van der Waals surface area (Å²) in [6.45, 7) is 1.07. The van der Waals surface area contributed by atoms with Crippen molar-refractivity contribution in [2.75, 3.05) is 20.3 Å². The second-order valence-electron chi connectivity index (χ2n) is 8.92. The fourth-order valence-corrected chi connectivity index (χ4v) is 5.26. The van der Waals surface area contributed by atoms with E-state index < -0.39 is 11.6 Å². The molecule has 0 saturated heterocycles. The molecule has 180 valence electrons. The summed E-state index contributed by atoms with van der Waals surface area (Å²) in [6, 6.07) is 23.5. The van der Waals surface area contributed by atoms with Crippen LogP contribution in [0.15, 0.2) is 82.3 Å². The number of benzene rings is 3. The molecule has 5 rings (SSSR count). The number of carbonyl (C=O) groups excluding carboxylic acids is 1. The maximum Gasteiger partial charge on any atom is 0.255 e. The molecule has 35 heavy (non-hydrogen) atoms. The zero-order valence-corrected chi connectivity index (χ0v) is 21.1. The van der Waals surface area contributed by atoms with E-state index in [1.165, 1.54) is 0 Å². The maximum atomic E-state index is 14.0. The van der Waals surface area contributed by atoms with Crippen molar-refractivity contribution in [1.29, 1.82) is 0 Å². The lowest BCUT2D eigenvalue weighted by atomic mass is 9.82. The van der Waals surface area contributed by atoms with Crippen LogP contribution in [0, 0.1) is 0 Å². The van der Waals surface area contributed by atoms with Crippen molar-refractivity contribution in [1.82, 2.24) is 4.90 Å². The number of halogens is 1. The standard InChI is InChI=1S/C28H27BrN2O4/c1-31-18-21-8-3-2-7-20(21)17-28(27(31)33)25(23-9-4-5-10-24(23)29)35-26(30-28)19-11-13-22(14-12-19)34-16-6-15-32/h2-5,7-14,25,32H,6,15-18H2,1H3/t25-,28-/m1/s1. The van der Waals surface area contributed by atoms with Crippen molar-refractivity contribution in [2.24, 2.45) is 4.99 Å². The number of hydrogen-bond acceptors (Lipinski definition) is 5. The minimum Gasteiger partial charge on any atom is -0.494 e. The molecule has 1 N–H and O–H groups in total. The fourth-order valence-electron chi connectivity index (χ4n) is 4.76. The zero-order chi connectivity index (χ0) is 24.4. The summed E-state index contributed by atoms with van der Waals surface area (Å²) in [6.07, 6.45) is 0.435. The van der Waals surface area contributed by atoms with E-state index in [1.807, 2.05) is 67.7 Å². The van der Waals surface area contributed by atoms with E-state index >= 15 is 0 Å². The number of hydrogen-bond donors (Lipinski definition) is 1. The highest BCUT2D eigenvalue weighted by Gasteiger charge is 2.55. The van der Waals surface area contributed by atoms with Crippen LogP contribution in [0.25, 0.3) is 0 Å². The Bertz CT molecular complexity index is 1260. The predicted molar refractivity (Wildman–Crippen MR) is 137 cm³/mol. The summed E-state index contributed by atoms with van der Waals surface area (Å²) in [5.74, 6) is 1.08. The molecule has 3 aromatic rings. The molecule has 2 heterocycles. The number of aliphatic hydroxyl groups excluding tert-OH is 1. The summed E-state index contributed by atoms with van der Waals surface area (Å²) >= 11 is 3.67. The molecule has 1 amide bonds. The van der Waals surface area contributed by atoms with Gasteiger partial charge in [-0.3, -0.25) is 4.79 Å². The number of carbonyl (C=O) groups is 1. The minimum atomic E-state index is -1.13. The van der Waals surface area contributed by atoms with Gasteiger partial charge >= 0.3 is 0 Å². The largest absolute Gasteiger partial charge is 0.494 e. The Balaban J connectivity index is 1.58. The van der Waals surface area contributed by atoms with Gasteiger partial charge in [-0.1, -0.05) is 58.4 Å². The molecule has 0 aromatic heterocycles. The molecule has 0 fully saturated rings. The van der Waals surface area contributed by atoms with Crippen molar-refractivity contribution < 1.29 is 19.4 Å². The van der Waals surface area contributed by atoms with Crippen LogP contribution in [0.3, 0.4) is 0 Å². The molecule has 2 aliphatic rings. The minimum absolute atomic E-state index is 0.0617. The average Bonchev–Trinajstić information content (AvgIpc) is 3.21. The van der Waals surface area contributed by atoms with Crippen LogP contribution in [0.1, 0.15) is 34.8 Å². The third kappa shape index (κ3) is 4.46. The van der Waals surface area contributed by atoms with Gasteiger partial charge in [0.15, 0.2) is 11.6 Å². The Morgan fingerprint density at radius 1 is 1.09 bits per heavy atom. The average molecular weight is 535 g/mol. The molecule has 0 aliphatic carbocycles. The lowest BCUT2D eigenvalue weighted by Crippen LogP contribution is -2.48. The van der Waals surface area contributed by atoms with Gasteiger partial charge in [0, 0.05) is 48.6 Å². The van der Waals surface area contributed by atoms with Crippen molar-refractivity contribution in [3.05, 3.63) is 99.5 Å². The third-order valence-electron chi connectivity index (χ3n) is 6.53. The van der Waals surface area contributed by atoms with Gasteiger partial charge in [-0.15, -0.1) is 0 Å². The van der Waals surface area contributed by atoms with E-state index in [9.17, 15) is 4.79 Å². The number of amides is 1. The maximum absolute atomic E-state index is 14.0. The monoisotopic (exact) mass is 534 g/mol. The number of fused-ring (bicyclic) bond motifs is 1. The van der Waals surface area contributed by atoms with E-state index in [0.29, 0.717) is 37.6 Å². The first-order chi connectivity index (χ1) is 17.0. The van der Waals surface area contributed by atoms with E-state index in [-0.39, 0.29) is 12.5 Å². The van der Waals surface area contributed by atoms with Crippen molar-refractivity contribution in [3.63, 3.8) is 0 Å². The molecule has 2 atom stereocenters. The fraction of sp³-hybridized carbons (Fsp3) is 0.286. The topological polar surface area (TPSA) is 71.4 Å². The Hall–Kier alpha value is -3.16. The second kappa shape index (κ2) is 9.84. The van der Waals surface area contributed by atoms with Crippen LogP contribution >= 0.6 is 15.9 Å². The first-order valence-electron chi connectivity index (χ1n) is 11.7. The van der Waals surface area contributed by atoms with Gasteiger partial charge in [-0.05, 0) is 41.5 Å². The number of likely N-dealkylation sites (N-methyl/N-ethyl adjacent to an activating group) is 1. The number of aliphatic hydroxyl groups is 1. The van der Waals surface area contributed by atoms with Crippen molar-refractivity contribution >= 4 is 27.7 Å². The summed E-state index contributed by atoms with van der Waals surface area (Å²) in [5.41, 5.74) is 2.76. The molecule has 7 heteroatoms. The van der Waals surface area contributed by atoms with Crippen molar-refractivity contribution in [3.8, 4) is 5.75 Å². The molecule has 0 saturated carbocycles. The van der Waals surface area contributed by atoms with Gasteiger partial charge in [-0.25, -0.2) is 4.99 Å². The van der Waals surface area contributed by atoms with Crippen LogP contribution in [0.5, 0.6) is 5.75 Å². The van der Waals surface area contributed by atoms with Gasteiger partial charge in [0.05, 0.1) is 6.61 Å². The summed E-state index contributed by atoms with van der Waals surface area (Å²) in [5, 5.41) is 8.97. The Morgan fingerprint density at radius 2 is 1.80 bits per heavy atom. The summed E-state index contributed by atoms with van der Waals surface area (Å²) in [4.78, 5) is 20.8. The van der Waals surface area contributed by atoms with Crippen LogP contribution in [-0.4, -0.2) is 47.6 Å². The first-order valence-corrected chi connectivity index (χ1v) is 12.5. The first kappa shape index (κ1) is 23.6. The van der Waals surface area contributed by atoms with Crippen LogP contribution in [-0.2, 0) is 22.5 Å². The molecule has 2 aliphatic heterocycles. The lowest BCUT2D eigenvalue weighted by molar-refractivity contribution is -0.138. The number of nitrogens with zero attached hydrogens (tertiary/aromatic N) is 2. The quantitative estimate of drug-likeness (QED) is 0.466. The molecule has 3 aromatic carbocycles. The molecule has 0 radical (unpaired) electrons. The third-order valence-corrected chi connectivity index (χ3v) is 7.25. The zero-order valence-electron chi connectivity index (χ0n) is 19.5. The Kier molecular flexibility index (Phi) is 6.62. The van der Waals surface area contributed by atoms with Gasteiger partial charge in [0.2, 0.25) is 5.90 Å². The van der Waals surface area contributed by atoms with Crippen molar-refractivity contribution in [2.45, 2.75) is 31.0 Å². The summed E-state index contributed by atoms with van der Waals surface area (Å²) in [7, 11) is 1.83. The highest BCUT2D eigenvalue weighted by molar-refractivity contribution is 9.10. The van der Waals surface area contributed by atoms with Crippen LogP contribution < -0.4 is 4.74 Å². The van der Waals surface area contributed by atoms with Gasteiger partial charge in [-0.2, -0.15) is 0 Å². The second-order valence-corrected chi connectivity index (χ2v) is 9.77. The SMILES string of the molecule is CN1Cc2ccccc2C[C@]2(N=C(c3ccc(OCCCO)cc3)O[C@@H]2c2ccccc2Br)C1=O. The molecular weight excluding hydrogens is 508 g/mol. The molecule has 0 unspecified atom stereocenters. The lowest BCUT2D eigenvalue weighted by Gasteiger charge is -2.32. The van der Waals surface area contributed by atoms with Crippen LogP contribution in [0.2, 0.25) is 0 Å². The normalized spacial score (nSPS) is 21.3. The Labute approximate surface area is 213 Å². The smallest absolute Gasteiger partial charge is 0.255 e. The van der Waals surface area contributed by atoms with Gasteiger partial charge in [0.1, 0.15) is 5.75 Å². The van der Waals surface area contributed by atoms with E-state index in [1.54, 1.807) is 4.90 Å². The number of aliphatic imine (C=N–C) groups is 1. The predicted octanol–water partition coefficient (Wildman–Crippen LogP) is 4.68. The number of ether oxygens (including phenoxy) is 2. The Morgan fingerprint density at radius 3 is 2.54 bits per heavy atom. The highest BCUT2D eigenvalue weighted by atomic mass is 79.9. The number of rotatable bonds is 6. The van der Waals surface area contributed by atoms with Gasteiger partial charge in [0.25, 0.3) is 5.91 Å². The molecule has 6 nitrogen and oxygen atoms in total. The van der Waals surface area contributed by atoms with Gasteiger partial charge < -0.3 is 19.5 Å². The van der Waals surface area contributed by atoms with E-state index in [0.717, 1.165) is 26.7 Å². The van der Waals surface area contributed by atoms with E-state index in [4.69, 9.17) is 19.6 Å². The van der Waals surface area contributed by atoms with Crippen LogP contribution in [0.4, 0.5) is 0 Å². The molecule has 1 spiro atoms.